The molecule has 0 heterocycles. The van der Waals surface area contributed by atoms with Gasteiger partial charge in [0.1, 0.15) is 0 Å². The molecule has 1 saturated carbocycles. The average molecular weight is 253 g/mol. The van der Waals surface area contributed by atoms with Gasteiger partial charge in [-0.05, 0) is 38.6 Å². The molecule has 0 radical (unpaired) electrons. The van der Waals surface area contributed by atoms with Crippen LogP contribution in [0.5, 0.6) is 0 Å². The van der Waals surface area contributed by atoms with Crippen molar-refractivity contribution in [3.8, 4) is 0 Å². The highest BCUT2D eigenvalue weighted by molar-refractivity contribution is 4.86. The summed E-state index contributed by atoms with van der Waals surface area (Å²) >= 11 is 0. The number of halogens is 3. The number of rotatable bonds is 4. The summed E-state index contributed by atoms with van der Waals surface area (Å²) < 4.78 is 37.1. The van der Waals surface area contributed by atoms with Gasteiger partial charge < -0.3 is 5.11 Å². The standard InChI is InChI=1S/C12H22F3NO/c1-3-4-9-5-6-10(17)7-11(9)16(2)8-12(13,14)15/h9-11,17H,3-8H2,1-2H3. The number of nitrogens with zero attached hydrogens (tertiary/aromatic N) is 1. The SMILES string of the molecule is CCCC1CCC(O)CC1N(C)CC(F)(F)F. The van der Waals surface area contributed by atoms with Crippen LogP contribution in [0.3, 0.4) is 0 Å². The van der Waals surface area contributed by atoms with Gasteiger partial charge >= 0.3 is 6.18 Å². The first kappa shape index (κ1) is 14.8. The van der Waals surface area contributed by atoms with E-state index in [1.165, 1.54) is 11.9 Å². The first-order valence-electron chi connectivity index (χ1n) is 6.28. The third-order valence-electron chi connectivity index (χ3n) is 3.58. The fourth-order valence-corrected chi connectivity index (χ4v) is 2.84. The van der Waals surface area contributed by atoms with Crippen LogP contribution >= 0.6 is 0 Å². The van der Waals surface area contributed by atoms with Gasteiger partial charge in [0.15, 0.2) is 0 Å². The van der Waals surface area contributed by atoms with Crippen LogP contribution in [0.1, 0.15) is 39.0 Å². The van der Waals surface area contributed by atoms with Crippen molar-refractivity contribution in [1.29, 1.82) is 0 Å². The molecule has 1 N–H and O–H groups in total. The molecule has 1 fully saturated rings. The minimum absolute atomic E-state index is 0.139. The van der Waals surface area contributed by atoms with Gasteiger partial charge in [0.25, 0.3) is 0 Å². The summed E-state index contributed by atoms with van der Waals surface area (Å²) in [6, 6.07) is -0.139. The lowest BCUT2D eigenvalue weighted by Gasteiger charge is -2.40. The normalized spacial score (nSPS) is 30.9. The van der Waals surface area contributed by atoms with Crippen molar-refractivity contribution >= 4 is 0 Å². The molecule has 0 saturated heterocycles. The third kappa shape index (κ3) is 4.84. The van der Waals surface area contributed by atoms with Gasteiger partial charge in [-0.15, -0.1) is 0 Å². The summed E-state index contributed by atoms with van der Waals surface area (Å²) in [7, 11) is 1.51. The predicted octanol–water partition coefficient (Wildman–Crippen LogP) is 2.81. The molecule has 1 rings (SSSR count). The van der Waals surface area contributed by atoms with E-state index in [0.717, 1.165) is 25.7 Å². The maximum Gasteiger partial charge on any atom is 0.401 e. The maximum atomic E-state index is 12.4. The van der Waals surface area contributed by atoms with Crippen LogP contribution in [0, 0.1) is 5.92 Å². The summed E-state index contributed by atoms with van der Waals surface area (Å²) in [5.74, 6) is 0.288. The zero-order chi connectivity index (χ0) is 13.1. The van der Waals surface area contributed by atoms with E-state index in [2.05, 4.69) is 0 Å². The lowest BCUT2D eigenvalue weighted by Crippen LogP contribution is -2.47. The highest BCUT2D eigenvalue weighted by Crippen LogP contribution is 2.32. The first-order valence-corrected chi connectivity index (χ1v) is 6.28. The monoisotopic (exact) mass is 253 g/mol. The van der Waals surface area contributed by atoms with Gasteiger partial charge in [-0.3, -0.25) is 4.90 Å². The van der Waals surface area contributed by atoms with E-state index in [9.17, 15) is 18.3 Å². The van der Waals surface area contributed by atoms with Crippen molar-refractivity contribution < 1.29 is 18.3 Å². The second-order valence-electron chi connectivity index (χ2n) is 5.11. The lowest BCUT2D eigenvalue weighted by atomic mass is 9.79. The predicted molar refractivity (Wildman–Crippen MR) is 60.7 cm³/mol. The summed E-state index contributed by atoms with van der Waals surface area (Å²) in [6.07, 6.45) is -0.645. The summed E-state index contributed by atoms with van der Waals surface area (Å²) in [5, 5.41) is 9.60. The second-order valence-corrected chi connectivity index (χ2v) is 5.11. The second kappa shape index (κ2) is 6.05. The Labute approximate surface area is 101 Å². The maximum absolute atomic E-state index is 12.4. The fourth-order valence-electron chi connectivity index (χ4n) is 2.84. The van der Waals surface area contributed by atoms with Crippen LogP contribution in [0.4, 0.5) is 13.2 Å². The van der Waals surface area contributed by atoms with Gasteiger partial charge in [0, 0.05) is 6.04 Å². The lowest BCUT2D eigenvalue weighted by molar-refractivity contribution is -0.153. The Morgan fingerprint density at radius 2 is 1.94 bits per heavy atom. The van der Waals surface area contributed by atoms with Gasteiger partial charge in [0.2, 0.25) is 0 Å². The van der Waals surface area contributed by atoms with Crippen molar-refractivity contribution in [3.05, 3.63) is 0 Å². The van der Waals surface area contributed by atoms with Gasteiger partial charge in [-0.25, -0.2) is 0 Å². The summed E-state index contributed by atoms with van der Waals surface area (Å²) in [4.78, 5) is 1.36. The van der Waals surface area contributed by atoms with Crippen molar-refractivity contribution in [2.75, 3.05) is 13.6 Å². The number of aliphatic hydroxyl groups is 1. The molecule has 2 nitrogen and oxygen atoms in total. The van der Waals surface area contributed by atoms with Crippen molar-refractivity contribution in [3.63, 3.8) is 0 Å². The highest BCUT2D eigenvalue weighted by atomic mass is 19.4. The molecule has 0 aromatic carbocycles. The van der Waals surface area contributed by atoms with E-state index in [4.69, 9.17) is 0 Å². The molecule has 102 valence electrons. The van der Waals surface area contributed by atoms with E-state index in [1.807, 2.05) is 6.92 Å². The Morgan fingerprint density at radius 1 is 1.29 bits per heavy atom. The zero-order valence-corrected chi connectivity index (χ0v) is 10.5. The van der Waals surface area contributed by atoms with E-state index in [1.54, 1.807) is 0 Å². The molecule has 0 aromatic rings. The number of aliphatic hydroxyl groups excluding tert-OH is 1. The molecule has 1 aliphatic rings. The molecule has 17 heavy (non-hydrogen) atoms. The Bertz CT molecular complexity index is 232. The smallest absolute Gasteiger partial charge is 0.393 e. The molecular weight excluding hydrogens is 231 g/mol. The number of hydrogen-bond acceptors (Lipinski definition) is 2. The minimum atomic E-state index is -4.16. The van der Waals surface area contributed by atoms with Crippen molar-refractivity contribution in [2.45, 2.75) is 57.3 Å². The van der Waals surface area contributed by atoms with E-state index in [-0.39, 0.29) is 12.0 Å². The van der Waals surface area contributed by atoms with Crippen LogP contribution in [0.25, 0.3) is 0 Å². The van der Waals surface area contributed by atoms with Gasteiger partial charge in [-0.2, -0.15) is 13.2 Å². The van der Waals surface area contributed by atoms with Crippen LogP contribution in [-0.4, -0.2) is 41.9 Å². The van der Waals surface area contributed by atoms with Crippen molar-refractivity contribution in [2.24, 2.45) is 5.92 Å². The molecule has 0 spiro atoms. The Morgan fingerprint density at radius 3 is 2.47 bits per heavy atom. The Hall–Kier alpha value is -0.290. The van der Waals surface area contributed by atoms with E-state index >= 15 is 0 Å². The number of hydrogen-bond donors (Lipinski definition) is 1. The molecule has 0 aromatic heterocycles. The van der Waals surface area contributed by atoms with Crippen LogP contribution in [-0.2, 0) is 0 Å². The summed E-state index contributed by atoms with van der Waals surface area (Å²) in [6.45, 7) is 1.16. The molecule has 3 unspecified atom stereocenters. The quantitative estimate of drug-likeness (QED) is 0.832. The molecule has 0 amide bonds. The first-order chi connectivity index (χ1) is 7.83. The largest absolute Gasteiger partial charge is 0.401 e. The van der Waals surface area contributed by atoms with Gasteiger partial charge in [-0.1, -0.05) is 13.3 Å². The minimum Gasteiger partial charge on any atom is -0.393 e. The third-order valence-corrected chi connectivity index (χ3v) is 3.58. The Kier molecular flexibility index (Phi) is 5.25. The van der Waals surface area contributed by atoms with Gasteiger partial charge in [0.05, 0.1) is 12.6 Å². The number of alkyl halides is 3. The fraction of sp³-hybridized carbons (Fsp3) is 1.00. The zero-order valence-electron chi connectivity index (χ0n) is 10.5. The molecule has 5 heteroatoms. The van der Waals surface area contributed by atoms with E-state index in [0.29, 0.717) is 6.42 Å². The molecular formula is C12H22F3NO. The van der Waals surface area contributed by atoms with Crippen LogP contribution < -0.4 is 0 Å². The average Bonchev–Trinajstić information content (AvgIpc) is 2.18. The molecule has 1 aliphatic carbocycles. The molecule has 0 bridgehead atoms. The van der Waals surface area contributed by atoms with E-state index < -0.39 is 18.8 Å². The molecule has 0 aliphatic heterocycles. The summed E-state index contributed by atoms with van der Waals surface area (Å²) in [5.41, 5.74) is 0. The topological polar surface area (TPSA) is 23.5 Å². The van der Waals surface area contributed by atoms with Crippen LogP contribution in [0.15, 0.2) is 0 Å². The van der Waals surface area contributed by atoms with Crippen molar-refractivity contribution in [1.82, 2.24) is 4.90 Å². The highest BCUT2D eigenvalue weighted by Gasteiger charge is 2.37. The Balaban J connectivity index is 2.61. The van der Waals surface area contributed by atoms with Crippen LogP contribution in [0.2, 0.25) is 0 Å². The molecule has 3 atom stereocenters.